The van der Waals surface area contributed by atoms with E-state index in [0.717, 1.165) is 24.1 Å². The van der Waals surface area contributed by atoms with Gasteiger partial charge in [-0.05, 0) is 73.9 Å². The van der Waals surface area contributed by atoms with Gasteiger partial charge in [-0.3, -0.25) is 9.36 Å². The topological polar surface area (TPSA) is 67.2 Å². The molecule has 0 saturated carbocycles. The third kappa shape index (κ3) is 5.44. The Hall–Kier alpha value is -3.64. The zero-order valence-corrected chi connectivity index (χ0v) is 21.6. The minimum absolute atomic E-state index is 0.175. The Bertz CT molecular complexity index is 1420. The van der Waals surface area contributed by atoms with Crippen molar-refractivity contribution in [3.8, 4) is 5.69 Å². The summed E-state index contributed by atoms with van der Waals surface area (Å²) in [4.78, 5) is 34.1. The maximum atomic E-state index is 13.8. The first-order valence-corrected chi connectivity index (χ1v) is 12.7. The molecular weight excluding hydrogens is 472 g/mol. The summed E-state index contributed by atoms with van der Waals surface area (Å²) in [5.41, 5.74) is 2.89. The van der Waals surface area contributed by atoms with E-state index in [0.29, 0.717) is 40.4 Å². The van der Waals surface area contributed by atoms with Crippen molar-refractivity contribution in [2.75, 3.05) is 11.9 Å². The van der Waals surface area contributed by atoms with E-state index in [-0.39, 0.29) is 11.6 Å². The quantitative estimate of drug-likeness (QED) is 0.278. The van der Waals surface area contributed by atoms with Crippen LogP contribution in [0.4, 0.5) is 10.5 Å². The molecule has 0 aliphatic rings. The van der Waals surface area contributed by atoms with Crippen LogP contribution in [0.2, 0.25) is 5.02 Å². The molecule has 2 amide bonds. The van der Waals surface area contributed by atoms with Gasteiger partial charge in [-0.2, -0.15) is 0 Å². The molecule has 7 heteroatoms. The van der Waals surface area contributed by atoms with Gasteiger partial charge in [0.2, 0.25) is 0 Å². The standard InChI is InChI=1S/C29H31ClN4O2/c1-4-6-18-33(29(36)31-22-11-9-10-20(3)19-22)26(5-2)27-32-25-13-8-7-12-24(25)28(35)34(27)23-16-14-21(30)15-17-23/h7-17,19,26H,4-6,18H2,1-3H3,(H,31,36). The minimum Gasteiger partial charge on any atom is -0.314 e. The largest absolute Gasteiger partial charge is 0.322 e. The molecule has 0 spiro atoms. The number of urea groups is 1. The molecule has 0 saturated heterocycles. The SMILES string of the molecule is CCCCN(C(=O)Nc1cccc(C)c1)C(CC)c1nc2ccccc2c(=O)n1-c1ccc(Cl)cc1. The van der Waals surface area contributed by atoms with Crippen molar-refractivity contribution in [1.82, 2.24) is 14.5 Å². The molecule has 0 bridgehead atoms. The number of nitrogens with one attached hydrogen (secondary N) is 1. The number of carbonyl (C=O) groups excluding carboxylic acids is 1. The number of benzene rings is 3. The van der Waals surface area contributed by atoms with Gasteiger partial charge in [0.1, 0.15) is 5.82 Å². The van der Waals surface area contributed by atoms with Crippen LogP contribution in [0.5, 0.6) is 0 Å². The average Bonchev–Trinajstić information content (AvgIpc) is 2.87. The van der Waals surface area contributed by atoms with Crippen LogP contribution in [0.15, 0.2) is 77.6 Å². The lowest BCUT2D eigenvalue weighted by molar-refractivity contribution is 0.180. The first-order valence-electron chi connectivity index (χ1n) is 12.3. The van der Waals surface area contributed by atoms with E-state index in [1.807, 2.05) is 56.3 Å². The zero-order valence-electron chi connectivity index (χ0n) is 20.9. The molecular formula is C29H31ClN4O2. The molecule has 36 heavy (non-hydrogen) atoms. The maximum Gasteiger partial charge on any atom is 0.322 e. The van der Waals surface area contributed by atoms with Crippen molar-refractivity contribution in [2.24, 2.45) is 0 Å². The molecule has 3 aromatic carbocycles. The third-order valence-corrected chi connectivity index (χ3v) is 6.48. The number of hydrogen-bond donors (Lipinski definition) is 1. The molecule has 4 aromatic rings. The highest BCUT2D eigenvalue weighted by Crippen LogP contribution is 2.28. The smallest absolute Gasteiger partial charge is 0.314 e. The number of amides is 2. The lowest BCUT2D eigenvalue weighted by Crippen LogP contribution is -2.41. The second-order valence-corrected chi connectivity index (χ2v) is 9.31. The highest BCUT2D eigenvalue weighted by Gasteiger charge is 2.29. The van der Waals surface area contributed by atoms with Crippen LogP contribution in [0.3, 0.4) is 0 Å². The fourth-order valence-corrected chi connectivity index (χ4v) is 4.53. The van der Waals surface area contributed by atoms with Gasteiger partial charge in [-0.1, -0.05) is 56.1 Å². The summed E-state index contributed by atoms with van der Waals surface area (Å²) in [5, 5.41) is 4.15. The normalized spacial score (nSPS) is 11.9. The van der Waals surface area contributed by atoms with Crippen molar-refractivity contribution >= 4 is 34.2 Å². The number of aromatic nitrogens is 2. The van der Waals surface area contributed by atoms with E-state index in [1.165, 1.54) is 0 Å². The number of aryl methyl sites for hydroxylation is 1. The number of hydrogen-bond acceptors (Lipinski definition) is 3. The summed E-state index contributed by atoms with van der Waals surface area (Å²) in [6, 6.07) is 21.5. The number of rotatable bonds is 8. The zero-order chi connectivity index (χ0) is 25.7. The van der Waals surface area contributed by atoms with E-state index in [9.17, 15) is 9.59 Å². The number of carbonyl (C=O) groups is 1. The van der Waals surface area contributed by atoms with Crippen LogP contribution in [0.25, 0.3) is 16.6 Å². The molecule has 1 N–H and O–H groups in total. The Kier molecular flexibility index (Phi) is 8.06. The molecule has 6 nitrogen and oxygen atoms in total. The number of unbranched alkanes of at least 4 members (excludes halogenated alkanes) is 1. The minimum atomic E-state index is -0.422. The van der Waals surface area contributed by atoms with Gasteiger partial charge in [-0.15, -0.1) is 0 Å². The van der Waals surface area contributed by atoms with Gasteiger partial charge in [0.15, 0.2) is 0 Å². The summed E-state index contributed by atoms with van der Waals surface area (Å²) < 4.78 is 1.62. The molecule has 0 fully saturated rings. The first kappa shape index (κ1) is 25.5. The fourth-order valence-electron chi connectivity index (χ4n) is 4.40. The number of para-hydroxylation sites is 1. The van der Waals surface area contributed by atoms with Crippen LogP contribution < -0.4 is 10.9 Å². The molecule has 0 radical (unpaired) electrons. The molecule has 0 aliphatic carbocycles. The average molecular weight is 503 g/mol. The summed E-state index contributed by atoms with van der Waals surface area (Å²) in [7, 11) is 0. The monoisotopic (exact) mass is 502 g/mol. The predicted octanol–water partition coefficient (Wildman–Crippen LogP) is 7.13. The Morgan fingerprint density at radius 2 is 1.81 bits per heavy atom. The van der Waals surface area contributed by atoms with Crippen LogP contribution in [-0.4, -0.2) is 27.0 Å². The lowest BCUT2D eigenvalue weighted by Gasteiger charge is -2.32. The van der Waals surface area contributed by atoms with E-state index in [4.69, 9.17) is 16.6 Å². The van der Waals surface area contributed by atoms with Crippen molar-refractivity contribution in [3.05, 3.63) is 99.6 Å². The molecule has 1 aromatic heterocycles. The summed E-state index contributed by atoms with van der Waals surface area (Å²) >= 11 is 6.14. The number of anilines is 1. The predicted molar refractivity (Wildman–Crippen MR) is 147 cm³/mol. The van der Waals surface area contributed by atoms with E-state index >= 15 is 0 Å². The molecule has 186 valence electrons. The Morgan fingerprint density at radius 3 is 2.50 bits per heavy atom. The Morgan fingerprint density at radius 1 is 1.06 bits per heavy atom. The van der Waals surface area contributed by atoms with E-state index in [1.54, 1.807) is 39.8 Å². The molecule has 1 heterocycles. The highest BCUT2D eigenvalue weighted by atomic mass is 35.5. The number of halogens is 1. The van der Waals surface area contributed by atoms with Gasteiger partial charge in [-0.25, -0.2) is 9.78 Å². The summed E-state index contributed by atoms with van der Waals surface area (Å²) in [5.74, 6) is 0.527. The van der Waals surface area contributed by atoms with Crippen LogP contribution in [0.1, 0.15) is 50.5 Å². The summed E-state index contributed by atoms with van der Waals surface area (Å²) in [6.07, 6.45) is 2.35. The van der Waals surface area contributed by atoms with Gasteiger partial charge in [0.05, 0.1) is 22.6 Å². The highest BCUT2D eigenvalue weighted by molar-refractivity contribution is 6.30. The second-order valence-electron chi connectivity index (χ2n) is 8.87. The first-order chi connectivity index (χ1) is 17.4. The van der Waals surface area contributed by atoms with Crippen LogP contribution in [-0.2, 0) is 0 Å². The third-order valence-electron chi connectivity index (χ3n) is 6.23. The van der Waals surface area contributed by atoms with Crippen molar-refractivity contribution in [3.63, 3.8) is 0 Å². The van der Waals surface area contributed by atoms with Gasteiger partial charge in [0.25, 0.3) is 5.56 Å². The molecule has 4 rings (SSSR count). The van der Waals surface area contributed by atoms with Crippen LogP contribution in [0, 0.1) is 6.92 Å². The Labute approximate surface area is 216 Å². The van der Waals surface area contributed by atoms with Crippen LogP contribution >= 0.6 is 11.6 Å². The summed E-state index contributed by atoms with van der Waals surface area (Å²) in [6.45, 7) is 6.63. The van der Waals surface area contributed by atoms with Crippen molar-refractivity contribution in [1.29, 1.82) is 0 Å². The maximum absolute atomic E-state index is 13.8. The Balaban J connectivity index is 1.86. The second kappa shape index (κ2) is 11.4. The molecule has 1 atom stereocenters. The van der Waals surface area contributed by atoms with Crippen molar-refractivity contribution in [2.45, 2.75) is 46.1 Å². The fraction of sp³-hybridized carbons (Fsp3) is 0.276. The molecule has 1 unspecified atom stereocenters. The van der Waals surface area contributed by atoms with Gasteiger partial charge < -0.3 is 10.2 Å². The number of fused-ring (bicyclic) bond motifs is 1. The van der Waals surface area contributed by atoms with Gasteiger partial charge in [0, 0.05) is 17.3 Å². The van der Waals surface area contributed by atoms with Crippen molar-refractivity contribution < 1.29 is 4.79 Å². The van der Waals surface area contributed by atoms with E-state index in [2.05, 4.69) is 12.2 Å². The molecule has 0 aliphatic heterocycles. The lowest BCUT2D eigenvalue weighted by atomic mass is 10.1. The van der Waals surface area contributed by atoms with Gasteiger partial charge >= 0.3 is 6.03 Å². The van der Waals surface area contributed by atoms with E-state index < -0.39 is 6.04 Å². The number of nitrogens with zero attached hydrogens (tertiary/aromatic N) is 3.